The van der Waals surface area contributed by atoms with Gasteiger partial charge in [0, 0.05) is 33.7 Å². The summed E-state index contributed by atoms with van der Waals surface area (Å²) in [5.74, 6) is -3.76. The number of carboxylic acids is 1. The molecular formula is C37H61N5O20. The lowest BCUT2D eigenvalue weighted by Crippen LogP contribution is -2.70. The predicted molar refractivity (Wildman–Crippen MR) is 202 cm³/mol. The molecule has 5 rings (SSSR count). The highest BCUT2D eigenvalue weighted by Gasteiger charge is 2.61. The number of aliphatic hydroxyl groups excluding tert-OH is 5. The molecule has 0 radical (unpaired) electrons. The highest BCUT2D eigenvalue weighted by Crippen LogP contribution is 2.40. The number of carboxylic acid groups (broad SMARTS) is 1. The zero-order valence-electron chi connectivity index (χ0n) is 35.0. The minimum atomic E-state index is -2.14. The summed E-state index contributed by atoms with van der Waals surface area (Å²) < 4.78 is 53.6. The number of aliphatic carboxylic acids is 1. The van der Waals surface area contributed by atoms with Gasteiger partial charge in [0.15, 0.2) is 37.6 Å². The van der Waals surface area contributed by atoms with Crippen LogP contribution in [0.2, 0.25) is 0 Å². The van der Waals surface area contributed by atoms with Gasteiger partial charge in [-0.25, -0.2) is 4.79 Å². The topological polar surface area (TPSA) is 367 Å². The summed E-state index contributed by atoms with van der Waals surface area (Å²) in [6.07, 6.45) is -23.5. The van der Waals surface area contributed by atoms with Gasteiger partial charge in [-0.2, -0.15) is 0 Å². The van der Waals surface area contributed by atoms with E-state index in [0.29, 0.717) is 19.4 Å². The summed E-state index contributed by atoms with van der Waals surface area (Å²) in [6, 6.07) is -4.00. The Hall–Kier alpha value is -3.25. The molecule has 62 heavy (non-hydrogen) atoms. The Labute approximate surface area is 356 Å². The third kappa shape index (κ3) is 12.3. The van der Waals surface area contributed by atoms with Gasteiger partial charge >= 0.3 is 5.97 Å². The van der Waals surface area contributed by atoms with E-state index in [1.165, 1.54) is 20.8 Å². The molecule has 25 heteroatoms. The average Bonchev–Trinajstić information content (AvgIpc) is 3.98. The number of carbonyl (C=O) groups excluding carboxylic acids is 4. The van der Waals surface area contributed by atoms with Crippen molar-refractivity contribution in [2.45, 2.75) is 183 Å². The minimum absolute atomic E-state index is 0.0363. The van der Waals surface area contributed by atoms with Crippen LogP contribution in [0.25, 0.3) is 0 Å². The molecule has 0 bridgehead atoms. The molecule has 5 saturated heterocycles. The van der Waals surface area contributed by atoms with Crippen molar-refractivity contribution in [1.29, 1.82) is 0 Å². The van der Waals surface area contributed by atoms with E-state index in [2.05, 4.69) is 21.3 Å². The van der Waals surface area contributed by atoms with Crippen LogP contribution in [0, 0.1) is 0 Å². The van der Waals surface area contributed by atoms with E-state index in [0.717, 1.165) is 26.7 Å². The van der Waals surface area contributed by atoms with Gasteiger partial charge in [-0.15, -0.1) is 0 Å². The summed E-state index contributed by atoms with van der Waals surface area (Å²) in [5, 5.41) is 75.4. The van der Waals surface area contributed by atoms with Crippen molar-refractivity contribution in [2.75, 3.05) is 19.7 Å². The fourth-order valence-electron chi connectivity index (χ4n) is 7.75. The summed E-state index contributed by atoms with van der Waals surface area (Å²) in [6.45, 7) is 6.93. The smallest absolute Gasteiger partial charge is 0.335 e. The van der Waals surface area contributed by atoms with Gasteiger partial charge in [-0.1, -0.05) is 6.42 Å². The van der Waals surface area contributed by atoms with Crippen LogP contribution in [-0.4, -0.2) is 203 Å². The highest BCUT2D eigenvalue weighted by molar-refractivity contribution is 5.76. The van der Waals surface area contributed by atoms with Gasteiger partial charge in [-0.05, 0) is 33.2 Å². The van der Waals surface area contributed by atoms with Gasteiger partial charge in [-0.3, -0.25) is 19.2 Å². The van der Waals surface area contributed by atoms with E-state index in [1.807, 2.05) is 0 Å². The molecule has 20 atom stereocenters. The number of nitrogens with one attached hydrogen (secondary N) is 4. The second-order valence-electron chi connectivity index (χ2n) is 15.9. The van der Waals surface area contributed by atoms with Crippen molar-refractivity contribution < 1.29 is 97.2 Å². The molecule has 11 unspecified atom stereocenters. The SMILES string of the molecule is CC(=O)NC1C(O[C@@H]2OC(C(=O)O)[C@@H](O)C(O)C2O[C@@H]2OC(C)[C@@H](O)C(O)[C@@H]2NC(C)=O)[C@H](O)C(C)O[C@H]1OC1C(NC(C)=O)[C@H](OCCNC(=O)CCCCCN)OC2O[C@@H]21. The molecule has 5 heterocycles. The monoisotopic (exact) mass is 895 g/mol. The molecule has 0 spiro atoms. The van der Waals surface area contributed by atoms with Crippen LogP contribution in [0.1, 0.15) is 60.3 Å². The Balaban J connectivity index is 1.38. The molecule has 0 saturated carbocycles. The molecule has 12 N–H and O–H groups in total. The Morgan fingerprint density at radius 2 is 1.16 bits per heavy atom. The third-order valence-corrected chi connectivity index (χ3v) is 11.0. The Kier molecular flexibility index (Phi) is 17.7. The lowest BCUT2D eigenvalue weighted by Gasteiger charge is -2.49. The number of unbranched alkanes of at least 4 members (excludes halogenated alkanes) is 2. The molecule has 5 aliphatic heterocycles. The van der Waals surface area contributed by atoms with Crippen LogP contribution in [0.3, 0.4) is 0 Å². The molecule has 0 aliphatic carbocycles. The van der Waals surface area contributed by atoms with E-state index in [4.69, 9.17) is 48.4 Å². The first-order valence-corrected chi connectivity index (χ1v) is 20.6. The van der Waals surface area contributed by atoms with E-state index < -0.39 is 147 Å². The van der Waals surface area contributed by atoms with E-state index in [9.17, 15) is 54.6 Å². The number of aliphatic hydroxyl groups is 5. The molecule has 0 aromatic carbocycles. The summed E-state index contributed by atoms with van der Waals surface area (Å²) in [4.78, 5) is 61.8. The number of nitrogens with two attached hydrogens (primary N) is 1. The van der Waals surface area contributed by atoms with E-state index in [-0.39, 0.29) is 19.1 Å². The standard InChI is InChI=1S/C37H61N5O20/c1-13-22(47)24(49)19(40-15(3)43)34(55-13)60-30-26(51)25(50)29(32(52)53)59-36(30)57-27-20(41-16(4)44)35(56-14(2)23(27)48)58-28-21(42-17(5)45)33(62-37-31(28)61-37)54-12-11-39-18(46)9-7-6-8-10-38/h13-14,19-31,33-37,47-51H,6-12,38H2,1-5H3,(H,39,46)(H,40,43)(H,41,44)(H,42,45)(H,52,53)/t13?,14?,19-,20?,21?,22+,23+,24?,25-,26?,27?,28?,29?,30?,31+,33+,34-,35-,36+,37?/m0/s1. The number of carbonyl (C=O) groups is 5. The number of epoxide rings is 1. The average molecular weight is 896 g/mol. The highest BCUT2D eigenvalue weighted by atomic mass is 16.8. The molecule has 5 aliphatic rings. The summed E-state index contributed by atoms with van der Waals surface area (Å²) >= 11 is 0. The van der Waals surface area contributed by atoms with Crippen molar-refractivity contribution in [2.24, 2.45) is 5.73 Å². The Morgan fingerprint density at radius 1 is 0.597 bits per heavy atom. The normalized spacial score (nSPS) is 41.6. The Bertz CT molecular complexity index is 1550. The summed E-state index contributed by atoms with van der Waals surface area (Å²) in [7, 11) is 0. The number of hydrogen-bond donors (Lipinski definition) is 11. The van der Waals surface area contributed by atoms with Crippen molar-refractivity contribution in [3.63, 3.8) is 0 Å². The molecule has 25 nitrogen and oxygen atoms in total. The van der Waals surface area contributed by atoms with Crippen LogP contribution < -0.4 is 27.0 Å². The van der Waals surface area contributed by atoms with Crippen LogP contribution in [-0.2, 0) is 66.6 Å². The van der Waals surface area contributed by atoms with Crippen molar-refractivity contribution in [1.82, 2.24) is 21.3 Å². The maximum absolute atomic E-state index is 12.7. The number of rotatable bonds is 19. The maximum Gasteiger partial charge on any atom is 0.335 e. The van der Waals surface area contributed by atoms with Crippen LogP contribution >= 0.6 is 0 Å². The van der Waals surface area contributed by atoms with Crippen LogP contribution in [0.4, 0.5) is 0 Å². The van der Waals surface area contributed by atoms with E-state index >= 15 is 0 Å². The zero-order valence-corrected chi connectivity index (χ0v) is 35.0. The van der Waals surface area contributed by atoms with Gasteiger partial charge in [0.05, 0.1) is 18.8 Å². The predicted octanol–water partition coefficient (Wildman–Crippen LogP) is -5.51. The fourth-order valence-corrected chi connectivity index (χ4v) is 7.75. The molecule has 354 valence electrons. The second-order valence-corrected chi connectivity index (χ2v) is 15.9. The number of amides is 4. The first-order valence-electron chi connectivity index (χ1n) is 20.6. The van der Waals surface area contributed by atoms with Gasteiger partial charge < -0.3 is 100 Å². The minimum Gasteiger partial charge on any atom is -0.479 e. The van der Waals surface area contributed by atoms with Crippen molar-refractivity contribution >= 4 is 29.6 Å². The third-order valence-electron chi connectivity index (χ3n) is 11.0. The lowest BCUT2D eigenvalue weighted by atomic mass is 9.94. The maximum atomic E-state index is 12.7. The largest absolute Gasteiger partial charge is 0.479 e. The fraction of sp³-hybridized carbons (Fsp3) is 0.865. The molecular weight excluding hydrogens is 834 g/mol. The molecule has 0 aromatic rings. The quantitative estimate of drug-likeness (QED) is 0.0425. The summed E-state index contributed by atoms with van der Waals surface area (Å²) in [5.41, 5.74) is 5.51. The van der Waals surface area contributed by atoms with Crippen molar-refractivity contribution in [3.8, 4) is 0 Å². The number of ether oxygens (including phenoxy) is 9. The van der Waals surface area contributed by atoms with Crippen molar-refractivity contribution in [3.05, 3.63) is 0 Å². The van der Waals surface area contributed by atoms with Crippen LogP contribution in [0.5, 0.6) is 0 Å². The number of hydrogen-bond acceptors (Lipinski definition) is 20. The van der Waals surface area contributed by atoms with E-state index in [1.54, 1.807) is 0 Å². The van der Waals surface area contributed by atoms with Gasteiger partial charge in [0.1, 0.15) is 73.1 Å². The van der Waals surface area contributed by atoms with Gasteiger partial charge in [0.2, 0.25) is 23.6 Å². The molecule has 4 amide bonds. The zero-order chi connectivity index (χ0) is 45.6. The molecule has 5 fully saturated rings. The Morgan fingerprint density at radius 3 is 1.77 bits per heavy atom. The van der Waals surface area contributed by atoms with Crippen LogP contribution in [0.15, 0.2) is 0 Å². The number of fused-ring (bicyclic) bond motifs is 1. The molecule has 0 aromatic heterocycles. The lowest BCUT2D eigenvalue weighted by molar-refractivity contribution is -0.370. The first-order chi connectivity index (χ1) is 29.3. The van der Waals surface area contributed by atoms with Gasteiger partial charge in [0.25, 0.3) is 0 Å². The first kappa shape index (κ1) is 49.8. The second kappa shape index (κ2) is 22.1.